The highest BCUT2D eigenvalue weighted by Gasteiger charge is 2.09. The fraction of sp³-hybridized carbons (Fsp3) is 0.250. The van der Waals surface area contributed by atoms with Crippen LogP contribution in [0.3, 0.4) is 0 Å². The fourth-order valence-corrected chi connectivity index (χ4v) is 3.00. The second-order valence-electron chi connectivity index (χ2n) is 5.51. The van der Waals surface area contributed by atoms with E-state index in [1.54, 1.807) is 6.08 Å². The van der Waals surface area contributed by atoms with E-state index in [4.69, 9.17) is 9.47 Å². The van der Waals surface area contributed by atoms with Crippen LogP contribution in [0.4, 0.5) is 0 Å². The van der Waals surface area contributed by atoms with Gasteiger partial charge in [0.25, 0.3) is 0 Å². The molecule has 0 saturated carbocycles. The molecule has 0 aliphatic carbocycles. The minimum atomic E-state index is -0.409. The maximum atomic E-state index is 12.1. The molecule has 2 aromatic rings. The monoisotopic (exact) mass is 388 g/mol. The number of carbonyl (C=O) groups excluding carboxylic acids is 1. The molecule has 24 heavy (non-hydrogen) atoms. The van der Waals surface area contributed by atoms with Crippen molar-refractivity contribution in [3.63, 3.8) is 0 Å². The zero-order chi connectivity index (χ0) is 17.5. The zero-order valence-corrected chi connectivity index (χ0v) is 15.7. The third-order valence-electron chi connectivity index (χ3n) is 3.41. The number of hydrogen-bond donors (Lipinski definition) is 0. The van der Waals surface area contributed by atoms with Gasteiger partial charge in [0.15, 0.2) is 0 Å². The van der Waals surface area contributed by atoms with E-state index >= 15 is 0 Å². The molecule has 0 N–H and O–H groups in total. The van der Waals surface area contributed by atoms with Crippen molar-refractivity contribution in [1.29, 1.82) is 0 Å². The van der Waals surface area contributed by atoms with Crippen molar-refractivity contribution in [2.75, 3.05) is 6.61 Å². The lowest BCUT2D eigenvalue weighted by Gasteiger charge is -2.10. The van der Waals surface area contributed by atoms with Crippen LogP contribution in [0.1, 0.15) is 30.0 Å². The molecule has 0 atom stereocenters. The number of ether oxygens (including phenoxy) is 2. The molecule has 0 fully saturated rings. The summed E-state index contributed by atoms with van der Waals surface area (Å²) in [5, 5.41) is 0. The van der Waals surface area contributed by atoms with Crippen LogP contribution in [0.5, 0.6) is 11.5 Å². The van der Waals surface area contributed by atoms with Crippen LogP contribution in [-0.2, 0) is 4.79 Å². The van der Waals surface area contributed by atoms with Gasteiger partial charge in [0.1, 0.15) is 11.5 Å². The molecule has 2 rings (SSSR count). The largest absolute Gasteiger partial charge is 0.493 e. The van der Waals surface area contributed by atoms with Crippen molar-refractivity contribution in [3.05, 3.63) is 63.6 Å². The average Bonchev–Trinajstić information content (AvgIpc) is 2.55. The maximum Gasteiger partial charge on any atom is 0.336 e. The predicted molar refractivity (Wildman–Crippen MR) is 101 cm³/mol. The van der Waals surface area contributed by atoms with Gasteiger partial charge in [0.05, 0.1) is 6.61 Å². The van der Waals surface area contributed by atoms with Crippen molar-refractivity contribution < 1.29 is 14.3 Å². The first-order valence-corrected chi connectivity index (χ1v) is 8.69. The van der Waals surface area contributed by atoms with Crippen LogP contribution in [0.15, 0.2) is 46.9 Å². The minimum absolute atomic E-state index is 0.409. The fourth-order valence-electron chi connectivity index (χ4n) is 2.31. The van der Waals surface area contributed by atoms with E-state index in [-0.39, 0.29) is 0 Å². The van der Waals surface area contributed by atoms with Gasteiger partial charge in [-0.15, -0.1) is 0 Å². The summed E-state index contributed by atoms with van der Waals surface area (Å²) in [6.45, 7) is 6.53. The second kappa shape index (κ2) is 8.69. The van der Waals surface area contributed by atoms with E-state index < -0.39 is 5.97 Å². The quantitative estimate of drug-likeness (QED) is 0.373. The van der Waals surface area contributed by atoms with Gasteiger partial charge in [-0.05, 0) is 55.7 Å². The lowest BCUT2D eigenvalue weighted by atomic mass is 10.1. The third-order valence-corrected chi connectivity index (χ3v) is 3.87. The first-order chi connectivity index (χ1) is 11.5. The summed E-state index contributed by atoms with van der Waals surface area (Å²) in [4.78, 5) is 12.1. The molecule has 0 amide bonds. The van der Waals surface area contributed by atoms with Crippen molar-refractivity contribution in [3.8, 4) is 11.5 Å². The maximum absolute atomic E-state index is 12.1. The molecule has 0 aromatic heterocycles. The van der Waals surface area contributed by atoms with Gasteiger partial charge in [-0.25, -0.2) is 4.79 Å². The van der Waals surface area contributed by atoms with Gasteiger partial charge >= 0.3 is 5.97 Å². The molecule has 2 aromatic carbocycles. The van der Waals surface area contributed by atoms with E-state index in [0.29, 0.717) is 12.4 Å². The van der Waals surface area contributed by atoms with Crippen LogP contribution < -0.4 is 9.47 Å². The Bertz CT molecular complexity index is 727. The Balaban J connectivity index is 2.12. The Labute approximate surface area is 151 Å². The first-order valence-electron chi connectivity index (χ1n) is 7.89. The van der Waals surface area contributed by atoms with Gasteiger partial charge < -0.3 is 9.47 Å². The van der Waals surface area contributed by atoms with Crippen molar-refractivity contribution in [2.45, 2.75) is 27.2 Å². The van der Waals surface area contributed by atoms with Crippen LogP contribution >= 0.6 is 15.9 Å². The van der Waals surface area contributed by atoms with Crippen molar-refractivity contribution >= 4 is 28.0 Å². The topological polar surface area (TPSA) is 35.5 Å². The summed E-state index contributed by atoms with van der Waals surface area (Å²) >= 11 is 3.43. The van der Waals surface area contributed by atoms with Gasteiger partial charge in [0.2, 0.25) is 0 Å². The molecule has 3 nitrogen and oxygen atoms in total. The summed E-state index contributed by atoms with van der Waals surface area (Å²) < 4.78 is 12.1. The number of esters is 1. The summed E-state index contributed by atoms with van der Waals surface area (Å²) in [5.41, 5.74) is 2.68. The molecule has 0 aliphatic rings. The van der Waals surface area contributed by atoms with Crippen molar-refractivity contribution in [2.24, 2.45) is 0 Å². The van der Waals surface area contributed by atoms with Gasteiger partial charge in [-0.2, -0.15) is 0 Å². The van der Waals surface area contributed by atoms with Gasteiger partial charge in [-0.1, -0.05) is 41.1 Å². The first kappa shape index (κ1) is 18.3. The average molecular weight is 389 g/mol. The standard InChI is InChI=1S/C20H21BrO3/c1-4-11-23-18-8-6-5-7-16(18)9-10-19(22)24-20-14(2)12-17(21)13-15(20)3/h5-10,12-13H,4,11H2,1-3H3/b10-9+. The normalized spacial score (nSPS) is 10.8. The zero-order valence-electron chi connectivity index (χ0n) is 14.1. The lowest BCUT2D eigenvalue weighted by molar-refractivity contribution is -0.129. The highest BCUT2D eigenvalue weighted by molar-refractivity contribution is 9.10. The van der Waals surface area contributed by atoms with Gasteiger partial charge in [-0.3, -0.25) is 0 Å². The molecule has 0 bridgehead atoms. The van der Waals surface area contributed by atoms with E-state index in [9.17, 15) is 4.79 Å². The molecular weight excluding hydrogens is 368 g/mol. The molecule has 0 radical (unpaired) electrons. The third kappa shape index (κ3) is 4.96. The number of hydrogen-bond acceptors (Lipinski definition) is 3. The Morgan fingerprint density at radius 1 is 1.17 bits per heavy atom. The number of benzene rings is 2. The molecule has 0 heterocycles. The van der Waals surface area contributed by atoms with Gasteiger partial charge in [0, 0.05) is 16.1 Å². The number of para-hydroxylation sites is 1. The number of carbonyl (C=O) groups is 1. The second-order valence-corrected chi connectivity index (χ2v) is 6.43. The number of rotatable bonds is 6. The summed E-state index contributed by atoms with van der Waals surface area (Å²) in [7, 11) is 0. The Hall–Kier alpha value is -2.07. The van der Waals surface area contributed by atoms with E-state index in [1.807, 2.05) is 50.2 Å². The van der Waals surface area contributed by atoms with Crippen LogP contribution in [-0.4, -0.2) is 12.6 Å². The van der Waals surface area contributed by atoms with E-state index in [1.165, 1.54) is 6.08 Å². The summed E-state index contributed by atoms with van der Waals surface area (Å²) in [5.74, 6) is 0.955. The number of aryl methyl sites for hydroxylation is 2. The van der Waals surface area contributed by atoms with E-state index in [2.05, 4.69) is 22.9 Å². The number of halogens is 1. The highest BCUT2D eigenvalue weighted by Crippen LogP contribution is 2.27. The molecule has 0 aliphatic heterocycles. The molecular formula is C20H21BrO3. The molecule has 0 spiro atoms. The summed E-state index contributed by atoms with van der Waals surface area (Å²) in [6, 6.07) is 11.5. The lowest BCUT2D eigenvalue weighted by Crippen LogP contribution is -2.06. The van der Waals surface area contributed by atoms with Crippen LogP contribution in [0.2, 0.25) is 0 Å². The smallest absolute Gasteiger partial charge is 0.336 e. The highest BCUT2D eigenvalue weighted by atomic mass is 79.9. The molecule has 4 heteroatoms. The molecule has 0 saturated heterocycles. The Kier molecular flexibility index (Phi) is 6.62. The van der Waals surface area contributed by atoms with Crippen LogP contribution in [0, 0.1) is 13.8 Å². The molecule has 0 unspecified atom stereocenters. The minimum Gasteiger partial charge on any atom is -0.493 e. The SMILES string of the molecule is CCCOc1ccccc1/C=C/C(=O)Oc1c(C)cc(Br)cc1C. The summed E-state index contributed by atoms with van der Waals surface area (Å²) in [6.07, 6.45) is 4.08. The molecule has 126 valence electrons. The van der Waals surface area contributed by atoms with Crippen molar-refractivity contribution in [1.82, 2.24) is 0 Å². The Morgan fingerprint density at radius 2 is 1.83 bits per heavy atom. The van der Waals surface area contributed by atoms with Crippen LogP contribution in [0.25, 0.3) is 6.08 Å². The van der Waals surface area contributed by atoms with E-state index in [0.717, 1.165) is 33.3 Å². The Morgan fingerprint density at radius 3 is 2.50 bits per heavy atom. The predicted octanol–water partition coefficient (Wildman–Crippen LogP) is 5.47.